The standard InChI is InChI=1S/C16H13N3O3/c1-11(13-7-5-12(10-17)6-8-13)18-16(20)14-3-2-4-15(9-14)19(21)22/h2-9,11H,1H3,(H,18,20). The zero-order valence-electron chi connectivity index (χ0n) is 11.8. The van der Waals surface area contributed by atoms with Crippen molar-refractivity contribution in [1.82, 2.24) is 5.32 Å². The first-order valence-corrected chi connectivity index (χ1v) is 6.56. The summed E-state index contributed by atoms with van der Waals surface area (Å²) >= 11 is 0. The number of hydrogen-bond donors (Lipinski definition) is 1. The molecule has 1 N–H and O–H groups in total. The zero-order chi connectivity index (χ0) is 16.1. The van der Waals surface area contributed by atoms with Crippen molar-refractivity contribution in [3.05, 3.63) is 75.3 Å². The molecule has 0 aromatic heterocycles. The minimum absolute atomic E-state index is 0.126. The van der Waals surface area contributed by atoms with E-state index in [1.165, 1.54) is 24.3 Å². The molecule has 1 atom stereocenters. The SMILES string of the molecule is CC(NC(=O)c1cccc([N+](=O)[O-])c1)c1ccc(C#N)cc1. The monoisotopic (exact) mass is 295 g/mol. The van der Waals surface area contributed by atoms with E-state index in [4.69, 9.17) is 5.26 Å². The largest absolute Gasteiger partial charge is 0.346 e. The van der Waals surface area contributed by atoms with Gasteiger partial charge in [0.05, 0.1) is 22.6 Å². The van der Waals surface area contributed by atoms with Gasteiger partial charge < -0.3 is 5.32 Å². The van der Waals surface area contributed by atoms with E-state index in [2.05, 4.69) is 5.32 Å². The fourth-order valence-electron chi connectivity index (χ4n) is 1.97. The number of hydrogen-bond acceptors (Lipinski definition) is 4. The minimum atomic E-state index is -0.541. The Kier molecular flexibility index (Phi) is 4.49. The third-order valence-corrected chi connectivity index (χ3v) is 3.21. The van der Waals surface area contributed by atoms with Crippen LogP contribution in [0.3, 0.4) is 0 Å². The maximum Gasteiger partial charge on any atom is 0.270 e. The highest BCUT2D eigenvalue weighted by Gasteiger charge is 2.14. The van der Waals surface area contributed by atoms with E-state index in [9.17, 15) is 14.9 Å². The average molecular weight is 295 g/mol. The van der Waals surface area contributed by atoms with Crippen molar-refractivity contribution in [3.8, 4) is 6.07 Å². The molecule has 0 aliphatic heterocycles. The topological polar surface area (TPSA) is 96.0 Å². The van der Waals surface area contributed by atoms with E-state index < -0.39 is 4.92 Å². The summed E-state index contributed by atoms with van der Waals surface area (Å²) in [6, 6.07) is 14.2. The van der Waals surface area contributed by atoms with E-state index in [0.717, 1.165) is 5.56 Å². The lowest BCUT2D eigenvalue weighted by Crippen LogP contribution is -2.26. The highest BCUT2D eigenvalue weighted by molar-refractivity contribution is 5.95. The zero-order valence-corrected chi connectivity index (χ0v) is 11.8. The number of nitrogens with zero attached hydrogens (tertiary/aromatic N) is 2. The van der Waals surface area contributed by atoms with Gasteiger partial charge in [-0.05, 0) is 30.7 Å². The van der Waals surface area contributed by atoms with E-state index >= 15 is 0 Å². The molecule has 0 saturated heterocycles. The van der Waals surface area contributed by atoms with Crippen LogP contribution < -0.4 is 5.32 Å². The second-order valence-corrected chi connectivity index (χ2v) is 4.74. The molecule has 0 aliphatic rings. The molecule has 1 amide bonds. The molecule has 0 saturated carbocycles. The Morgan fingerprint density at radius 2 is 1.95 bits per heavy atom. The van der Waals surface area contributed by atoms with Crippen molar-refractivity contribution in [3.63, 3.8) is 0 Å². The Labute approximate surface area is 127 Å². The molecule has 1 unspecified atom stereocenters. The Hall–Kier alpha value is -3.20. The predicted octanol–water partition coefficient (Wildman–Crippen LogP) is 2.96. The first kappa shape index (κ1) is 15.2. The fraction of sp³-hybridized carbons (Fsp3) is 0.125. The number of amides is 1. The second-order valence-electron chi connectivity index (χ2n) is 4.74. The molecular weight excluding hydrogens is 282 g/mol. The number of rotatable bonds is 4. The first-order chi connectivity index (χ1) is 10.5. The molecule has 2 rings (SSSR count). The lowest BCUT2D eigenvalue weighted by atomic mass is 10.1. The summed E-state index contributed by atoms with van der Waals surface area (Å²) in [4.78, 5) is 22.3. The summed E-state index contributed by atoms with van der Waals surface area (Å²) < 4.78 is 0. The number of benzene rings is 2. The van der Waals surface area contributed by atoms with Crippen LogP contribution in [0, 0.1) is 21.4 Å². The lowest BCUT2D eigenvalue weighted by molar-refractivity contribution is -0.384. The van der Waals surface area contributed by atoms with Gasteiger partial charge in [0, 0.05) is 17.7 Å². The van der Waals surface area contributed by atoms with E-state index in [1.807, 2.05) is 6.07 Å². The van der Waals surface area contributed by atoms with Crippen molar-refractivity contribution in [2.45, 2.75) is 13.0 Å². The molecule has 0 bridgehead atoms. The molecule has 0 fully saturated rings. The van der Waals surface area contributed by atoms with Gasteiger partial charge in [-0.1, -0.05) is 18.2 Å². The molecule has 2 aromatic rings. The van der Waals surface area contributed by atoms with Crippen LogP contribution in [0.4, 0.5) is 5.69 Å². The summed E-state index contributed by atoms with van der Waals surface area (Å²) in [7, 11) is 0. The van der Waals surface area contributed by atoms with Gasteiger partial charge in [-0.3, -0.25) is 14.9 Å². The van der Waals surface area contributed by atoms with Gasteiger partial charge >= 0.3 is 0 Å². The summed E-state index contributed by atoms with van der Waals surface area (Å²) in [5, 5.41) is 22.3. The second kappa shape index (κ2) is 6.50. The van der Waals surface area contributed by atoms with Gasteiger partial charge in [0.25, 0.3) is 11.6 Å². The van der Waals surface area contributed by atoms with Gasteiger partial charge in [-0.25, -0.2) is 0 Å². The van der Waals surface area contributed by atoms with Crippen LogP contribution in [-0.2, 0) is 0 Å². The Morgan fingerprint density at radius 1 is 1.27 bits per heavy atom. The number of nitriles is 1. The van der Waals surface area contributed by atoms with Crippen molar-refractivity contribution in [2.24, 2.45) is 0 Å². The van der Waals surface area contributed by atoms with Crippen molar-refractivity contribution >= 4 is 11.6 Å². The number of carbonyl (C=O) groups is 1. The predicted molar refractivity (Wildman–Crippen MR) is 80.1 cm³/mol. The van der Waals surface area contributed by atoms with Crippen molar-refractivity contribution < 1.29 is 9.72 Å². The van der Waals surface area contributed by atoms with Crippen LogP contribution in [0.5, 0.6) is 0 Å². The third-order valence-electron chi connectivity index (χ3n) is 3.21. The summed E-state index contributed by atoms with van der Waals surface area (Å²) in [6.07, 6.45) is 0. The minimum Gasteiger partial charge on any atom is -0.346 e. The van der Waals surface area contributed by atoms with Crippen LogP contribution in [-0.4, -0.2) is 10.8 Å². The van der Waals surface area contributed by atoms with Gasteiger partial charge in [0.2, 0.25) is 0 Å². The van der Waals surface area contributed by atoms with E-state index in [-0.39, 0.29) is 23.2 Å². The highest BCUT2D eigenvalue weighted by atomic mass is 16.6. The normalized spacial score (nSPS) is 11.3. The molecule has 0 spiro atoms. The van der Waals surface area contributed by atoms with Crippen LogP contribution in [0.15, 0.2) is 48.5 Å². The average Bonchev–Trinajstić information content (AvgIpc) is 2.54. The molecule has 22 heavy (non-hydrogen) atoms. The third kappa shape index (κ3) is 3.46. The smallest absolute Gasteiger partial charge is 0.270 e. The van der Waals surface area contributed by atoms with Gasteiger partial charge in [0.15, 0.2) is 0 Å². The van der Waals surface area contributed by atoms with Crippen LogP contribution in [0.25, 0.3) is 0 Å². The number of nitro groups is 1. The number of non-ortho nitro benzene ring substituents is 1. The molecule has 2 aromatic carbocycles. The number of nitrogens with one attached hydrogen (secondary N) is 1. The Balaban J connectivity index is 2.12. The van der Waals surface area contributed by atoms with Crippen LogP contribution in [0.2, 0.25) is 0 Å². The van der Waals surface area contributed by atoms with Crippen molar-refractivity contribution in [2.75, 3.05) is 0 Å². The quantitative estimate of drug-likeness (QED) is 0.692. The van der Waals surface area contributed by atoms with E-state index in [1.54, 1.807) is 31.2 Å². The number of carbonyl (C=O) groups excluding carboxylic acids is 1. The van der Waals surface area contributed by atoms with Crippen LogP contribution >= 0.6 is 0 Å². The Bertz CT molecular complexity index is 748. The molecule has 6 nitrogen and oxygen atoms in total. The van der Waals surface area contributed by atoms with Gasteiger partial charge in [-0.2, -0.15) is 5.26 Å². The molecule has 0 radical (unpaired) electrons. The van der Waals surface area contributed by atoms with Gasteiger partial charge in [0.1, 0.15) is 0 Å². The fourth-order valence-corrected chi connectivity index (χ4v) is 1.97. The first-order valence-electron chi connectivity index (χ1n) is 6.56. The van der Waals surface area contributed by atoms with Crippen molar-refractivity contribution in [1.29, 1.82) is 5.26 Å². The Morgan fingerprint density at radius 3 is 2.55 bits per heavy atom. The lowest BCUT2D eigenvalue weighted by Gasteiger charge is -2.14. The highest BCUT2D eigenvalue weighted by Crippen LogP contribution is 2.16. The molecule has 0 heterocycles. The summed E-state index contributed by atoms with van der Waals surface area (Å²) in [6.45, 7) is 1.80. The maximum absolute atomic E-state index is 12.1. The van der Waals surface area contributed by atoms with Crippen LogP contribution in [0.1, 0.15) is 34.5 Å². The number of nitro benzene ring substituents is 1. The van der Waals surface area contributed by atoms with Gasteiger partial charge in [-0.15, -0.1) is 0 Å². The summed E-state index contributed by atoms with van der Waals surface area (Å²) in [5.74, 6) is -0.388. The van der Waals surface area contributed by atoms with E-state index in [0.29, 0.717) is 5.56 Å². The molecule has 6 heteroatoms. The molecule has 0 aliphatic carbocycles. The molecule has 110 valence electrons. The maximum atomic E-state index is 12.1. The summed E-state index contributed by atoms with van der Waals surface area (Å²) in [5.41, 5.74) is 1.49. The molecular formula is C16H13N3O3.